The number of likely N-dealkylation sites (tertiary alicyclic amines) is 1. The second-order valence-corrected chi connectivity index (χ2v) is 6.64. The van der Waals surface area contributed by atoms with Crippen LogP contribution in [-0.2, 0) is 11.3 Å². The molecule has 1 atom stereocenters. The van der Waals surface area contributed by atoms with Crippen molar-refractivity contribution >= 4 is 28.9 Å². The lowest BCUT2D eigenvalue weighted by Crippen LogP contribution is -2.43. The molecule has 8 heteroatoms. The van der Waals surface area contributed by atoms with Gasteiger partial charge in [-0.2, -0.15) is 0 Å². The number of hydrogen-bond acceptors (Lipinski definition) is 5. The molecule has 0 spiro atoms. The summed E-state index contributed by atoms with van der Waals surface area (Å²) in [5, 5.41) is 2.66. The van der Waals surface area contributed by atoms with Crippen molar-refractivity contribution in [1.29, 1.82) is 0 Å². The predicted octanol–water partition coefficient (Wildman–Crippen LogP) is 1.67. The second-order valence-electron chi connectivity index (χ2n) is 5.71. The van der Waals surface area contributed by atoms with Gasteiger partial charge in [-0.1, -0.05) is 23.9 Å². The van der Waals surface area contributed by atoms with Crippen LogP contribution >= 0.6 is 11.8 Å². The van der Waals surface area contributed by atoms with Gasteiger partial charge in [-0.05, 0) is 24.1 Å². The molecule has 1 unspecified atom stereocenters. The molecule has 2 aliphatic rings. The Morgan fingerprint density at radius 2 is 2.08 bits per heavy atom. The molecule has 2 aliphatic heterocycles. The number of imide groups is 1. The zero-order valence-electron chi connectivity index (χ0n) is 13.4. The van der Waals surface area contributed by atoms with E-state index in [-0.39, 0.29) is 29.0 Å². The zero-order chi connectivity index (χ0) is 17.1. The first kappa shape index (κ1) is 16.6. The van der Waals surface area contributed by atoms with Crippen molar-refractivity contribution in [3.63, 3.8) is 0 Å². The number of rotatable bonds is 4. The molecular weight excluding hydrogens is 330 g/mol. The van der Waals surface area contributed by atoms with Gasteiger partial charge < -0.3 is 15.0 Å². The quantitative estimate of drug-likeness (QED) is 0.895. The van der Waals surface area contributed by atoms with Crippen LogP contribution in [0.2, 0.25) is 0 Å². The topological polar surface area (TPSA) is 79.0 Å². The zero-order valence-corrected chi connectivity index (χ0v) is 14.2. The Labute approximate surface area is 144 Å². The summed E-state index contributed by atoms with van der Waals surface area (Å²) in [6, 6.07) is 7.09. The number of urea groups is 1. The third-order valence-electron chi connectivity index (χ3n) is 4.20. The number of nitrogens with zero attached hydrogens (tertiary/aromatic N) is 2. The van der Waals surface area contributed by atoms with Gasteiger partial charge in [0.25, 0.3) is 5.24 Å². The Balaban J connectivity index is 1.51. The predicted molar refractivity (Wildman–Crippen MR) is 89.9 cm³/mol. The summed E-state index contributed by atoms with van der Waals surface area (Å²) >= 11 is 1.03. The maximum atomic E-state index is 12.3. The van der Waals surface area contributed by atoms with E-state index in [4.69, 9.17) is 4.74 Å². The van der Waals surface area contributed by atoms with E-state index in [0.29, 0.717) is 26.1 Å². The van der Waals surface area contributed by atoms with E-state index in [1.807, 2.05) is 24.3 Å². The van der Waals surface area contributed by atoms with E-state index >= 15 is 0 Å². The third-order valence-corrected chi connectivity index (χ3v) is 5.04. The number of thioether (sulfide) groups is 1. The maximum Gasteiger partial charge on any atom is 0.317 e. The molecule has 0 saturated carbocycles. The van der Waals surface area contributed by atoms with Crippen LogP contribution in [0.1, 0.15) is 12.0 Å². The number of nitrogens with one attached hydrogen (secondary N) is 1. The molecule has 0 bridgehead atoms. The summed E-state index contributed by atoms with van der Waals surface area (Å²) in [5.74, 6) is 0.819. The molecule has 1 N–H and O–H groups in total. The van der Waals surface area contributed by atoms with E-state index in [2.05, 4.69) is 5.32 Å². The molecule has 2 fully saturated rings. The Kier molecular flexibility index (Phi) is 4.94. The van der Waals surface area contributed by atoms with Crippen LogP contribution in [0.3, 0.4) is 0 Å². The van der Waals surface area contributed by atoms with E-state index in [9.17, 15) is 14.4 Å². The fourth-order valence-corrected chi connectivity index (χ4v) is 3.66. The molecule has 0 radical (unpaired) electrons. The second kappa shape index (κ2) is 7.12. The molecule has 0 aromatic heterocycles. The molecule has 4 amide bonds. The Bertz CT molecular complexity index is 633. The van der Waals surface area contributed by atoms with E-state index < -0.39 is 0 Å². The normalized spacial score (nSPS) is 20.6. The Morgan fingerprint density at radius 3 is 2.71 bits per heavy atom. The van der Waals surface area contributed by atoms with Crippen molar-refractivity contribution in [2.45, 2.75) is 19.0 Å². The van der Waals surface area contributed by atoms with Crippen molar-refractivity contribution in [3.05, 3.63) is 29.8 Å². The SMILES string of the molecule is COc1ccc(CNC(=O)N2CCC(N3C(=O)CSC3=O)C2)cc1. The summed E-state index contributed by atoms with van der Waals surface area (Å²) in [6.07, 6.45) is 0.633. The Morgan fingerprint density at radius 1 is 1.33 bits per heavy atom. The Hall–Kier alpha value is -2.22. The monoisotopic (exact) mass is 349 g/mol. The van der Waals surface area contributed by atoms with Gasteiger partial charge in [-0.15, -0.1) is 0 Å². The number of hydrogen-bond donors (Lipinski definition) is 1. The lowest BCUT2D eigenvalue weighted by molar-refractivity contribution is -0.126. The number of amides is 4. The average molecular weight is 349 g/mol. The highest BCUT2D eigenvalue weighted by atomic mass is 32.2. The number of benzene rings is 1. The van der Waals surface area contributed by atoms with Crippen LogP contribution in [0.5, 0.6) is 5.75 Å². The van der Waals surface area contributed by atoms with Crippen molar-refractivity contribution in [3.8, 4) is 5.75 Å². The third kappa shape index (κ3) is 3.48. The smallest absolute Gasteiger partial charge is 0.317 e. The lowest BCUT2D eigenvalue weighted by Gasteiger charge is -2.22. The molecule has 128 valence electrons. The first-order chi connectivity index (χ1) is 11.6. The summed E-state index contributed by atoms with van der Waals surface area (Å²) < 4.78 is 5.10. The largest absolute Gasteiger partial charge is 0.497 e. The van der Waals surface area contributed by atoms with Crippen LogP contribution in [0.25, 0.3) is 0 Å². The lowest BCUT2D eigenvalue weighted by atomic mass is 10.2. The van der Waals surface area contributed by atoms with Gasteiger partial charge in [-0.25, -0.2) is 4.79 Å². The van der Waals surface area contributed by atoms with Crippen molar-refractivity contribution in [2.75, 3.05) is 26.0 Å². The van der Waals surface area contributed by atoms with Crippen LogP contribution in [-0.4, -0.2) is 59.0 Å². The fourth-order valence-electron chi connectivity index (χ4n) is 2.89. The molecule has 1 aromatic carbocycles. The van der Waals surface area contributed by atoms with Crippen LogP contribution < -0.4 is 10.1 Å². The van der Waals surface area contributed by atoms with Gasteiger partial charge in [0.05, 0.1) is 18.9 Å². The van der Waals surface area contributed by atoms with Gasteiger partial charge in [0.1, 0.15) is 5.75 Å². The molecule has 7 nitrogen and oxygen atoms in total. The highest BCUT2D eigenvalue weighted by molar-refractivity contribution is 8.14. The number of ether oxygens (including phenoxy) is 1. The molecule has 0 aliphatic carbocycles. The minimum atomic E-state index is -0.203. The summed E-state index contributed by atoms with van der Waals surface area (Å²) in [7, 11) is 1.61. The van der Waals surface area contributed by atoms with Crippen LogP contribution in [0.4, 0.5) is 9.59 Å². The summed E-state index contributed by atoms with van der Waals surface area (Å²) in [6.45, 7) is 1.36. The van der Waals surface area contributed by atoms with Crippen LogP contribution in [0.15, 0.2) is 24.3 Å². The van der Waals surface area contributed by atoms with Gasteiger partial charge in [0.15, 0.2) is 0 Å². The van der Waals surface area contributed by atoms with Gasteiger partial charge in [0, 0.05) is 19.6 Å². The first-order valence-electron chi connectivity index (χ1n) is 7.73. The standard InChI is InChI=1S/C16H19N3O4S/c1-23-13-4-2-11(3-5-13)8-17-15(21)18-7-6-12(9-18)19-14(20)10-24-16(19)22/h2-5,12H,6-10H2,1H3,(H,17,21). The molecular formula is C16H19N3O4S. The number of methoxy groups -OCH3 is 1. The highest BCUT2D eigenvalue weighted by Gasteiger charge is 2.40. The molecule has 2 heterocycles. The van der Waals surface area contributed by atoms with Gasteiger partial charge in [0.2, 0.25) is 5.91 Å². The van der Waals surface area contributed by atoms with Gasteiger partial charge >= 0.3 is 6.03 Å². The highest BCUT2D eigenvalue weighted by Crippen LogP contribution is 2.26. The van der Waals surface area contributed by atoms with Crippen molar-refractivity contribution < 1.29 is 19.1 Å². The van der Waals surface area contributed by atoms with E-state index in [0.717, 1.165) is 23.1 Å². The molecule has 3 rings (SSSR count). The summed E-state index contributed by atoms with van der Waals surface area (Å²) in [4.78, 5) is 38.7. The molecule has 2 saturated heterocycles. The average Bonchev–Trinajstić information content (AvgIpc) is 3.20. The van der Waals surface area contributed by atoms with Crippen molar-refractivity contribution in [1.82, 2.24) is 15.1 Å². The number of carbonyl (C=O) groups is 3. The van der Waals surface area contributed by atoms with Gasteiger partial charge in [-0.3, -0.25) is 14.5 Å². The maximum absolute atomic E-state index is 12.3. The minimum Gasteiger partial charge on any atom is -0.497 e. The summed E-state index contributed by atoms with van der Waals surface area (Å²) in [5.41, 5.74) is 0.973. The van der Waals surface area contributed by atoms with E-state index in [1.54, 1.807) is 12.0 Å². The molecule has 24 heavy (non-hydrogen) atoms. The first-order valence-corrected chi connectivity index (χ1v) is 8.71. The number of carbonyl (C=O) groups excluding carboxylic acids is 3. The molecule has 1 aromatic rings. The van der Waals surface area contributed by atoms with Crippen LogP contribution in [0, 0.1) is 0 Å². The fraction of sp³-hybridized carbons (Fsp3) is 0.438. The van der Waals surface area contributed by atoms with E-state index in [1.165, 1.54) is 4.90 Å². The minimum absolute atomic E-state index is 0.157. The van der Waals surface area contributed by atoms with Crippen molar-refractivity contribution in [2.24, 2.45) is 0 Å².